The van der Waals surface area contributed by atoms with Crippen molar-refractivity contribution in [2.24, 2.45) is 0 Å². The second kappa shape index (κ2) is 5.36. The van der Waals surface area contributed by atoms with Crippen LogP contribution in [0.4, 0.5) is 0 Å². The van der Waals surface area contributed by atoms with Crippen LogP contribution in [-0.2, 0) is 11.2 Å². The fourth-order valence-electron chi connectivity index (χ4n) is 2.55. The zero-order chi connectivity index (χ0) is 15.8. The maximum Gasteiger partial charge on any atom is 0.309 e. The number of carboxylic acids is 1. The first-order chi connectivity index (χ1) is 11.2. The minimum absolute atomic E-state index is 0.138. The zero-order valence-corrected chi connectivity index (χ0v) is 12.7. The van der Waals surface area contributed by atoms with Crippen LogP contribution in [0.5, 0.6) is 0 Å². The molecule has 114 valence electrons. The summed E-state index contributed by atoms with van der Waals surface area (Å²) in [6.07, 6.45) is 4.86. The van der Waals surface area contributed by atoms with Gasteiger partial charge in [-0.3, -0.25) is 14.2 Å². The summed E-state index contributed by atoms with van der Waals surface area (Å²) in [7, 11) is 0. The van der Waals surface area contributed by atoms with Gasteiger partial charge in [-0.25, -0.2) is 4.98 Å². The highest BCUT2D eigenvalue weighted by molar-refractivity contribution is 7.15. The van der Waals surface area contributed by atoms with Crippen molar-refractivity contribution < 1.29 is 14.3 Å². The second-order valence-corrected chi connectivity index (χ2v) is 5.77. The first-order valence-electron chi connectivity index (χ1n) is 6.89. The average molecular weight is 325 g/mol. The van der Waals surface area contributed by atoms with Crippen LogP contribution >= 0.6 is 11.3 Å². The molecule has 1 N–H and O–H groups in total. The van der Waals surface area contributed by atoms with Gasteiger partial charge in [0.2, 0.25) is 0 Å². The Hall–Kier alpha value is -2.93. The van der Waals surface area contributed by atoms with E-state index in [1.54, 1.807) is 30.8 Å². The highest BCUT2D eigenvalue weighted by Gasteiger charge is 2.22. The molecule has 0 radical (unpaired) electrons. The predicted octanol–water partition coefficient (Wildman–Crippen LogP) is 3.34. The number of hydrogen-bond donors (Lipinski definition) is 1. The molecule has 7 heteroatoms. The van der Waals surface area contributed by atoms with E-state index in [1.807, 2.05) is 21.9 Å². The number of thiazole rings is 1. The molecule has 4 heterocycles. The number of nitrogens with zero attached hydrogens (tertiary/aromatic N) is 3. The van der Waals surface area contributed by atoms with E-state index in [4.69, 9.17) is 4.42 Å². The van der Waals surface area contributed by atoms with E-state index < -0.39 is 5.97 Å². The largest absolute Gasteiger partial charge is 0.481 e. The number of carbonyl (C=O) groups is 1. The third kappa shape index (κ3) is 2.31. The van der Waals surface area contributed by atoms with Crippen molar-refractivity contribution in [2.45, 2.75) is 6.42 Å². The molecule has 0 saturated heterocycles. The van der Waals surface area contributed by atoms with Gasteiger partial charge in [0, 0.05) is 23.3 Å². The molecular formula is C16H11N3O3S. The lowest BCUT2D eigenvalue weighted by molar-refractivity contribution is -0.136. The van der Waals surface area contributed by atoms with Crippen LogP contribution in [0.2, 0.25) is 0 Å². The Labute approximate surface area is 134 Å². The molecule has 0 aliphatic rings. The highest BCUT2D eigenvalue weighted by Crippen LogP contribution is 2.33. The Kier molecular flexibility index (Phi) is 3.20. The molecule has 23 heavy (non-hydrogen) atoms. The highest BCUT2D eigenvalue weighted by atomic mass is 32.1. The van der Waals surface area contributed by atoms with Crippen LogP contribution in [0.3, 0.4) is 0 Å². The smallest absolute Gasteiger partial charge is 0.309 e. The minimum Gasteiger partial charge on any atom is -0.481 e. The van der Waals surface area contributed by atoms with Gasteiger partial charge in [0.25, 0.3) is 0 Å². The van der Waals surface area contributed by atoms with Gasteiger partial charge in [0.1, 0.15) is 5.69 Å². The molecule has 0 atom stereocenters. The van der Waals surface area contributed by atoms with E-state index in [0.29, 0.717) is 17.1 Å². The molecule has 4 rings (SSSR count). The van der Waals surface area contributed by atoms with Gasteiger partial charge in [-0.2, -0.15) is 0 Å². The SMILES string of the molecule is O=C(O)Cc1c(-c2ccco2)nc2scc(-c3cccnc3)n12. The van der Waals surface area contributed by atoms with E-state index in [1.165, 1.54) is 11.3 Å². The normalized spacial score (nSPS) is 11.1. The van der Waals surface area contributed by atoms with Crippen molar-refractivity contribution in [2.75, 3.05) is 0 Å². The molecule has 0 fully saturated rings. The maximum absolute atomic E-state index is 11.3. The van der Waals surface area contributed by atoms with Gasteiger partial charge >= 0.3 is 5.97 Å². The lowest BCUT2D eigenvalue weighted by Gasteiger charge is -2.04. The Morgan fingerprint density at radius 1 is 1.35 bits per heavy atom. The molecule has 0 saturated carbocycles. The Balaban J connectivity index is 1.99. The summed E-state index contributed by atoms with van der Waals surface area (Å²) in [5.74, 6) is -0.350. The van der Waals surface area contributed by atoms with Crippen LogP contribution in [-0.4, -0.2) is 25.4 Å². The average Bonchev–Trinajstić information content (AvgIpc) is 3.25. The summed E-state index contributed by atoms with van der Waals surface area (Å²) in [5, 5.41) is 11.2. The fourth-order valence-corrected chi connectivity index (χ4v) is 3.46. The number of pyridine rings is 1. The van der Waals surface area contributed by atoms with Gasteiger partial charge in [0.15, 0.2) is 10.7 Å². The topological polar surface area (TPSA) is 80.6 Å². The number of fused-ring (bicyclic) bond motifs is 1. The van der Waals surface area contributed by atoms with Crippen LogP contribution in [0.1, 0.15) is 5.69 Å². The van der Waals surface area contributed by atoms with Gasteiger partial charge in [-0.1, -0.05) is 0 Å². The fraction of sp³-hybridized carbons (Fsp3) is 0.0625. The van der Waals surface area contributed by atoms with Crippen LogP contribution < -0.4 is 0 Å². The van der Waals surface area contributed by atoms with Crippen molar-refractivity contribution in [1.29, 1.82) is 0 Å². The van der Waals surface area contributed by atoms with E-state index >= 15 is 0 Å². The molecule has 4 aromatic heterocycles. The summed E-state index contributed by atoms with van der Waals surface area (Å²) < 4.78 is 7.28. The van der Waals surface area contributed by atoms with Crippen molar-refractivity contribution in [3.63, 3.8) is 0 Å². The summed E-state index contributed by atoms with van der Waals surface area (Å²) in [6, 6.07) is 7.32. The van der Waals surface area contributed by atoms with Gasteiger partial charge in [-0.05, 0) is 24.3 Å². The number of imidazole rings is 1. The molecular weight excluding hydrogens is 314 g/mol. The summed E-state index contributed by atoms with van der Waals surface area (Å²) in [4.78, 5) is 20.7. The number of hydrogen-bond acceptors (Lipinski definition) is 5. The van der Waals surface area contributed by atoms with Gasteiger partial charge in [-0.15, -0.1) is 11.3 Å². The maximum atomic E-state index is 11.3. The molecule has 0 aliphatic heterocycles. The molecule has 0 aliphatic carbocycles. The Morgan fingerprint density at radius 3 is 2.96 bits per heavy atom. The zero-order valence-electron chi connectivity index (χ0n) is 11.8. The molecule has 6 nitrogen and oxygen atoms in total. The lowest BCUT2D eigenvalue weighted by atomic mass is 10.2. The first kappa shape index (κ1) is 13.7. The summed E-state index contributed by atoms with van der Waals surface area (Å²) >= 11 is 1.46. The van der Waals surface area contributed by atoms with E-state index in [0.717, 1.165) is 16.2 Å². The first-order valence-corrected chi connectivity index (χ1v) is 7.77. The van der Waals surface area contributed by atoms with Crippen LogP contribution in [0.15, 0.2) is 52.7 Å². The second-order valence-electron chi connectivity index (χ2n) is 4.94. The third-order valence-corrected chi connectivity index (χ3v) is 4.32. The van der Waals surface area contributed by atoms with Gasteiger partial charge in [0.05, 0.1) is 24.1 Å². The number of rotatable bonds is 4. The molecule has 0 unspecified atom stereocenters. The van der Waals surface area contributed by atoms with Crippen molar-refractivity contribution in [3.05, 3.63) is 54.0 Å². The summed E-state index contributed by atoms with van der Waals surface area (Å²) in [5.41, 5.74) is 2.95. The molecule has 0 aromatic carbocycles. The molecule has 0 amide bonds. The Morgan fingerprint density at radius 2 is 2.26 bits per heavy atom. The van der Waals surface area contributed by atoms with Crippen LogP contribution in [0.25, 0.3) is 27.7 Å². The molecule has 0 spiro atoms. The van der Waals surface area contributed by atoms with Crippen molar-refractivity contribution >= 4 is 22.3 Å². The number of aliphatic carboxylic acids is 1. The third-order valence-electron chi connectivity index (χ3n) is 3.49. The quantitative estimate of drug-likeness (QED) is 0.622. The number of aromatic nitrogens is 3. The van der Waals surface area contributed by atoms with Crippen molar-refractivity contribution in [1.82, 2.24) is 14.4 Å². The number of carboxylic acid groups (broad SMARTS) is 1. The summed E-state index contributed by atoms with van der Waals surface area (Å²) in [6.45, 7) is 0. The number of furan rings is 1. The standard InChI is InChI=1S/C16H11N3O3S/c20-14(21)7-11-15(13-4-2-6-22-13)18-16-19(11)12(9-23-16)10-3-1-5-17-8-10/h1-6,8-9H,7H2,(H,20,21). The monoisotopic (exact) mass is 325 g/mol. The van der Waals surface area contributed by atoms with E-state index in [9.17, 15) is 9.90 Å². The van der Waals surface area contributed by atoms with E-state index in [2.05, 4.69) is 9.97 Å². The molecule has 4 aromatic rings. The van der Waals surface area contributed by atoms with E-state index in [-0.39, 0.29) is 6.42 Å². The minimum atomic E-state index is -0.914. The van der Waals surface area contributed by atoms with Crippen molar-refractivity contribution in [3.8, 4) is 22.7 Å². The van der Waals surface area contributed by atoms with Crippen LogP contribution in [0, 0.1) is 0 Å². The molecule has 0 bridgehead atoms. The Bertz CT molecular complexity index is 971. The predicted molar refractivity (Wildman–Crippen MR) is 85.3 cm³/mol. The van der Waals surface area contributed by atoms with Gasteiger partial charge < -0.3 is 9.52 Å². The lowest BCUT2D eigenvalue weighted by Crippen LogP contribution is -2.05.